The summed E-state index contributed by atoms with van der Waals surface area (Å²) >= 11 is 0. The number of para-hydroxylation sites is 3. The number of fused-ring (bicyclic) bond motifs is 4. The molecule has 6 aromatic carbocycles. The Morgan fingerprint density at radius 3 is 2.02 bits per heavy atom. The number of hydrogen-bond donors (Lipinski definition) is 0. The first-order valence-corrected chi connectivity index (χ1v) is 19.7. The van der Waals surface area contributed by atoms with Crippen molar-refractivity contribution in [3.05, 3.63) is 186 Å². The van der Waals surface area contributed by atoms with Crippen molar-refractivity contribution in [1.29, 1.82) is 0 Å². The molecule has 6 nitrogen and oxygen atoms in total. The number of rotatable bonds is 7. The molecule has 10 rings (SSSR count). The Morgan fingerprint density at radius 2 is 1.31 bits per heavy atom. The van der Waals surface area contributed by atoms with Gasteiger partial charge in [-0.1, -0.05) is 109 Å². The Kier molecular flexibility index (Phi) is 7.40. The molecule has 304 valence electrons. The third kappa shape index (κ3) is 7.10. The number of aryl methyl sites for hydroxylation is 4. The maximum atomic E-state index is 8.59. The van der Waals surface area contributed by atoms with E-state index in [1.54, 1.807) is 64.0 Å². The van der Waals surface area contributed by atoms with Gasteiger partial charge in [0, 0.05) is 64.1 Å². The van der Waals surface area contributed by atoms with Crippen LogP contribution >= 0.6 is 0 Å². The first kappa shape index (κ1) is 28.7. The fourth-order valence-electron chi connectivity index (χ4n) is 8.01. The summed E-state index contributed by atoms with van der Waals surface area (Å²) in [6, 6.07) is 47.4. The minimum atomic E-state index is -2.74. The molecule has 0 saturated carbocycles. The van der Waals surface area contributed by atoms with Gasteiger partial charge in [-0.3, -0.25) is 4.98 Å². The van der Waals surface area contributed by atoms with E-state index in [9.17, 15) is 0 Å². The van der Waals surface area contributed by atoms with Gasteiger partial charge in [0.15, 0.2) is 0 Å². The van der Waals surface area contributed by atoms with Gasteiger partial charge in [0.25, 0.3) is 11.4 Å². The summed E-state index contributed by atoms with van der Waals surface area (Å²) in [5, 5.41) is 0.781. The van der Waals surface area contributed by atoms with Gasteiger partial charge >= 0.3 is 27.1 Å². The van der Waals surface area contributed by atoms with Gasteiger partial charge in [0.1, 0.15) is 11.5 Å². The van der Waals surface area contributed by atoms with E-state index in [1.165, 1.54) is 36.4 Å². The summed E-state index contributed by atoms with van der Waals surface area (Å²) in [6.45, 7) is -4.47. The maximum absolute atomic E-state index is 8.59. The monoisotopic (exact) mass is 998 g/mol. The second-order valence-electron chi connectivity index (χ2n) is 15.9. The smallest absolute Gasteiger partial charge is 0.509 e. The summed E-state index contributed by atoms with van der Waals surface area (Å²) in [5.74, 6) is 0.955. The van der Waals surface area contributed by atoms with Crippen molar-refractivity contribution < 1.29 is 42.3 Å². The summed E-state index contributed by atoms with van der Waals surface area (Å²) in [6.07, 6.45) is 3.49. The Bertz CT molecular complexity index is 3700. The third-order valence-electron chi connectivity index (χ3n) is 10.9. The minimum absolute atomic E-state index is 0. The molecule has 0 fully saturated rings. The van der Waals surface area contributed by atoms with E-state index in [2.05, 4.69) is 38.9 Å². The summed E-state index contributed by atoms with van der Waals surface area (Å²) in [7, 11) is 0. The van der Waals surface area contributed by atoms with E-state index < -0.39 is 27.4 Å². The van der Waals surface area contributed by atoms with Crippen LogP contribution in [0.15, 0.2) is 146 Å². The fraction of sp³-hybridized carbons (Fsp3) is 0.145. The SMILES string of the molecule is [2H]C([2H])([2H])c1cccc(C([2H])([2H])[2H])c1-c1cc(Oc2[c-]c3c(cc2)c2ncccc2n3-c2cc(C(C)(C)C)ccn2)[c-]c([N+]2=C=[N+](c3ccccc3-c3c(C([2H])([2H])[2H])cccc3C([2H])([2H])[2H])c3ccccc32)c1.[Pt+2]. The van der Waals surface area contributed by atoms with Gasteiger partial charge in [-0.05, 0) is 107 Å². The topological polar surface area (TPSA) is 46.0 Å². The second-order valence-corrected chi connectivity index (χ2v) is 15.9. The normalized spacial score (nSPS) is 15.9. The van der Waals surface area contributed by atoms with Crippen molar-refractivity contribution in [3.8, 4) is 39.6 Å². The molecule has 3 aromatic heterocycles. The number of benzene rings is 6. The predicted octanol–water partition coefficient (Wildman–Crippen LogP) is 13.7. The van der Waals surface area contributed by atoms with Crippen LogP contribution in [0.3, 0.4) is 0 Å². The first-order valence-electron chi connectivity index (χ1n) is 25.7. The maximum Gasteiger partial charge on any atom is 2.00 e. The molecule has 9 aromatic rings. The summed E-state index contributed by atoms with van der Waals surface area (Å²) < 4.78 is 114. The molecule has 0 amide bonds. The number of nitrogens with zero attached hydrogens (tertiary/aromatic N) is 5. The molecule has 1 aliphatic heterocycles. The van der Waals surface area contributed by atoms with Crippen LogP contribution in [0.25, 0.3) is 50.0 Å². The molecule has 62 heavy (non-hydrogen) atoms. The average Bonchev–Trinajstić information content (AvgIpc) is 3.88. The third-order valence-corrected chi connectivity index (χ3v) is 10.9. The second kappa shape index (κ2) is 16.0. The minimum Gasteiger partial charge on any atom is -0.509 e. The van der Waals surface area contributed by atoms with Crippen molar-refractivity contribution in [1.82, 2.24) is 23.7 Å². The molecule has 7 heteroatoms. The van der Waals surface area contributed by atoms with Gasteiger partial charge in [0.05, 0.1) is 11.1 Å². The molecular weight excluding hydrogens is 942 g/mol. The van der Waals surface area contributed by atoms with Crippen LogP contribution < -0.4 is 13.9 Å². The molecule has 0 N–H and O–H groups in total. The zero-order valence-electron chi connectivity index (χ0n) is 45.8. The van der Waals surface area contributed by atoms with Crippen LogP contribution in [0.1, 0.15) is 65.0 Å². The van der Waals surface area contributed by atoms with Gasteiger partial charge in [-0.2, -0.15) is 6.07 Å². The van der Waals surface area contributed by atoms with Crippen molar-refractivity contribution in [2.75, 3.05) is 0 Å². The number of hydrogen-bond acceptors (Lipinski definition) is 3. The molecule has 0 unspecified atom stereocenters. The van der Waals surface area contributed by atoms with Gasteiger partial charge in [-0.25, -0.2) is 4.98 Å². The average molecular weight is 999 g/mol. The first-order chi connectivity index (χ1) is 34.4. The van der Waals surface area contributed by atoms with Gasteiger partial charge in [-0.15, -0.1) is 23.8 Å². The standard InChI is InChI=1S/C55H45N5O.Pt/c1-35-15-12-16-36(2)52(35)39-29-41(58-34-59(48-22-11-10-21-47(48)58)46-20-9-8-19-44(46)53-37(3)17-13-18-38(53)4)32-43(30-39)61-42-24-25-45-50(33-42)60(49-23-14-27-57-54(45)49)51-31-40(26-28-56-51)55(5,6)7;/h8-31H,1-7H3;/q;+2/i1D3,2D3,3D3,4D3;. The van der Waals surface area contributed by atoms with E-state index >= 15 is 0 Å². The zero-order valence-corrected chi connectivity index (χ0v) is 36.1. The predicted molar refractivity (Wildman–Crippen MR) is 250 cm³/mol. The Labute approximate surface area is 394 Å². The largest absolute Gasteiger partial charge is 2.00 e. The molecule has 0 bridgehead atoms. The van der Waals surface area contributed by atoms with Crippen LogP contribution in [0.5, 0.6) is 11.5 Å². The molecule has 0 aliphatic carbocycles. The van der Waals surface area contributed by atoms with Crippen LogP contribution in [0.4, 0.5) is 22.7 Å². The quantitative estimate of drug-likeness (QED) is 0.118. The molecular formula is C55H45N5OPt+2. The number of ether oxygens (including phenoxy) is 1. The van der Waals surface area contributed by atoms with Crippen LogP contribution in [0, 0.1) is 39.5 Å². The number of aromatic nitrogens is 3. The molecule has 0 saturated heterocycles. The Hall–Kier alpha value is -6.71. The van der Waals surface area contributed by atoms with E-state index in [1.807, 2.05) is 59.2 Å². The number of pyridine rings is 2. The Balaban J connectivity index is 0.00000672. The van der Waals surface area contributed by atoms with Crippen molar-refractivity contribution in [2.24, 2.45) is 0 Å². The van der Waals surface area contributed by atoms with Crippen LogP contribution in [-0.4, -0.2) is 20.5 Å². The van der Waals surface area contributed by atoms with E-state index in [0.29, 0.717) is 34.0 Å². The summed E-state index contributed by atoms with van der Waals surface area (Å²) in [4.78, 5) is 9.50. The van der Waals surface area contributed by atoms with Crippen molar-refractivity contribution >= 4 is 50.7 Å². The van der Waals surface area contributed by atoms with Crippen molar-refractivity contribution in [2.45, 2.75) is 53.6 Å². The van der Waals surface area contributed by atoms with Gasteiger partial charge in [0.2, 0.25) is 5.69 Å². The molecule has 1 aliphatic rings. The molecule has 0 radical (unpaired) electrons. The van der Waals surface area contributed by atoms with E-state index in [-0.39, 0.29) is 82.6 Å². The van der Waals surface area contributed by atoms with Gasteiger partial charge < -0.3 is 9.30 Å². The van der Waals surface area contributed by atoms with Crippen LogP contribution in [0.2, 0.25) is 0 Å². The van der Waals surface area contributed by atoms with E-state index in [4.69, 9.17) is 31.2 Å². The Morgan fingerprint density at radius 1 is 0.629 bits per heavy atom. The molecule has 0 spiro atoms. The zero-order chi connectivity index (χ0) is 52.0. The van der Waals surface area contributed by atoms with Crippen LogP contribution in [-0.2, 0) is 26.5 Å². The molecule has 0 atom stereocenters. The fourth-order valence-corrected chi connectivity index (χ4v) is 8.01. The van der Waals surface area contributed by atoms with E-state index in [0.717, 1.165) is 22.0 Å². The molecule has 4 heterocycles. The van der Waals surface area contributed by atoms with Crippen molar-refractivity contribution in [3.63, 3.8) is 0 Å². The summed E-state index contributed by atoms with van der Waals surface area (Å²) in [5.41, 5.74) is 4.64.